The van der Waals surface area contributed by atoms with Gasteiger partial charge in [-0.3, -0.25) is 9.59 Å². The first-order valence-electron chi connectivity index (χ1n) is 9.42. The lowest BCUT2D eigenvalue weighted by Gasteiger charge is -2.40. The first-order chi connectivity index (χ1) is 13.4. The van der Waals surface area contributed by atoms with Crippen molar-refractivity contribution < 1.29 is 9.59 Å². The van der Waals surface area contributed by atoms with Gasteiger partial charge in [0.1, 0.15) is 5.82 Å². The van der Waals surface area contributed by atoms with Gasteiger partial charge in [0, 0.05) is 41.7 Å². The van der Waals surface area contributed by atoms with Crippen LogP contribution in [0.1, 0.15) is 48.5 Å². The summed E-state index contributed by atoms with van der Waals surface area (Å²) in [4.78, 5) is 27.8. The van der Waals surface area contributed by atoms with E-state index in [-0.39, 0.29) is 35.7 Å². The Morgan fingerprint density at radius 2 is 1.97 bits per heavy atom. The number of hydrogen-bond donors (Lipinski definition) is 3. The monoisotopic (exact) mass is 436 g/mol. The van der Waals surface area contributed by atoms with Gasteiger partial charge in [-0.2, -0.15) is 0 Å². The van der Waals surface area contributed by atoms with Gasteiger partial charge in [-0.25, -0.2) is 4.98 Å². The molecule has 1 aliphatic carbocycles. The van der Waals surface area contributed by atoms with E-state index in [1.807, 2.05) is 18.2 Å². The fourth-order valence-corrected chi connectivity index (χ4v) is 4.02. The molecule has 156 valence electrons. The number of carbonyl (C=O) groups excluding carboxylic acids is 2. The molecule has 2 amide bonds. The number of anilines is 1. The van der Waals surface area contributed by atoms with Crippen LogP contribution in [-0.2, 0) is 10.2 Å². The standard InChI is InChI=1S/C21H25ClN4O2.ClH/c1-14(27)25-19-11-15(7-10-24-19)20(28)26-18-5-8-21(13-23,9-6-18)16-3-2-4-17(22)12-16;/h2-4,7,10-12,18H,5-6,8-9,13,23H2,1H3,(H,26,28)(H,24,25,27);1H/t18-,21+;. The van der Waals surface area contributed by atoms with E-state index < -0.39 is 0 Å². The van der Waals surface area contributed by atoms with Gasteiger partial charge in [-0.05, 0) is 55.5 Å². The summed E-state index contributed by atoms with van der Waals surface area (Å²) < 4.78 is 0. The minimum atomic E-state index is -0.225. The van der Waals surface area contributed by atoms with Gasteiger partial charge in [0.25, 0.3) is 5.91 Å². The van der Waals surface area contributed by atoms with Gasteiger partial charge in [0.05, 0.1) is 0 Å². The van der Waals surface area contributed by atoms with Crippen molar-refractivity contribution in [1.29, 1.82) is 0 Å². The fraction of sp³-hybridized carbons (Fsp3) is 0.381. The molecule has 8 heteroatoms. The van der Waals surface area contributed by atoms with E-state index in [1.54, 1.807) is 12.1 Å². The van der Waals surface area contributed by atoms with Crippen LogP contribution in [0.25, 0.3) is 0 Å². The summed E-state index contributed by atoms with van der Waals surface area (Å²) in [6.45, 7) is 1.96. The van der Waals surface area contributed by atoms with Crippen molar-refractivity contribution in [3.05, 3.63) is 58.7 Å². The zero-order chi connectivity index (χ0) is 20.1. The van der Waals surface area contributed by atoms with E-state index in [1.165, 1.54) is 18.7 Å². The van der Waals surface area contributed by atoms with Crippen molar-refractivity contribution in [2.45, 2.75) is 44.1 Å². The predicted octanol–water partition coefficient (Wildman–Crippen LogP) is 3.68. The lowest BCUT2D eigenvalue weighted by Crippen LogP contribution is -2.45. The number of pyridine rings is 1. The predicted molar refractivity (Wildman–Crippen MR) is 118 cm³/mol. The van der Waals surface area contributed by atoms with Crippen LogP contribution in [-0.4, -0.2) is 29.4 Å². The molecule has 0 aliphatic heterocycles. The van der Waals surface area contributed by atoms with Gasteiger partial charge < -0.3 is 16.4 Å². The van der Waals surface area contributed by atoms with Gasteiger partial charge in [-0.1, -0.05) is 23.7 Å². The molecular weight excluding hydrogens is 411 g/mol. The van der Waals surface area contributed by atoms with Crippen LogP contribution in [0.3, 0.4) is 0 Å². The van der Waals surface area contributed by atoms with E-state index in [0.717, 1.165) is 25.7 Å². The molecule has 1 aromatic carbocycles. The number of hydrogen-bond acceptors (Lipinski definition) is 4. The molecule has 4 N–H and O–H groups in total. The van der Waals surface area contributed by atoms with Crippen molar-refractivity contribution in [3.8, 4) is 0 Å². The molecule has 0 saturated heterocycles. The average molecular weight is 437 g/mol. The van der Waals surface area contributed by atoms with Crippen molar-refractivity contribution >= 4 is 41.6 Å². The number of carbonyl (C=O) groups is 2. The second-order valence-corrected chi connectivity index (χ2v) is 7.79. The van der Waals surface area contributed by atoms with Crippen molar-refractivity contribution in [3.63, 3.8) is 0 Å². The Bertz CT molecular complexity index is 867. The molecular formula is C21H26Cl2N4O2. The van der Waals surface area contributed by atoms with Gasteiger partial charge in [0.2, 0.25) is 5.91 Å². The van der Waals surface area contributed by atoms with Gasteiger partial charge in [0.15, 0.2) is 0 Å². The molecule has 0 radical (unpaired) electrons. The molecule has 1 saturated carbocycles. The Labute approximate surface area is 182 Å². The first kappa shape index (κ1) is 23.1. The SMILES string of the molecule is CC(=O)Nc1cc(C(=O)N[C@H]2CC[C@@](CN)(c3cccc(Cl)c3)CC2)ccn1.Cl. The van der Waals surface area contributed by atoms with Crippen molar-refractivity contribution in [2.75, 3.05) is 11.9 Å². The highest BCUT2D eigenvalue weighted by molar-refractivity contribution is 6.30. The molecule has 0 spiro atoms. The molecule has 29 heavy (non-hydrogen) atoms. The maximum absolute atomic E-state index is 12.6. The van der Waals surface area contributed by atoms with Crippen LogP contribution in [0.5, 0.6) is 0 Å². The van der Waals surface area contributed by atoms with E-state index in [0.29, 0.717) is 22.9 Å². The minimum Gasteiger partial charge on any atom is -0.349 e. The number of halogens is 2. The quantitative estimate of drug-likeness (QED) is 0.665. The summed E-state index contributed by atoms with van der Waals surface area (Å²) in [7, 11) is 0. The number of nitrogens with zero attached hydrogens (tertiary/aromatic N) is 1. The Morgan fingerprint density at radius 3 is 2.59 bits per heavy atom. The average Bonchev–Trinajstić information content (AvgIpc) is 2.68. The van der Waals surface area contributed by atoms with Crippen LogP contribution >= 0.6 is 24.0 Å². The molecule has 0 bridgehead atoms. The van der Waals surface area contributed by atoms with E-state index in [9.17, 15) is 9.59 Å². The normalized spacial score (nSPS) is 21.0. The van der Waals surface area contributed by atoms with Crippen molar-refractivity contribution in [2.24, 2.45) is 5.73 Å². The van der Waals surface area contributed by atoms with Gasteiger partial charge >= 0.3 is 0 Å². The number of rotatable bonds is 5. The first-order valence-corrected chi connectivity index (χ1v) is 9.80. The summed E-state index contributed by atoms with van der Waals surface area (Å²) >= 11 is 6.16. The van der Waals surface area contributed by atoms with E-state index >= 15 is 0 Å². The number of nitrogens with two attached hydrogens (primary N) is 1. The molecule has 1 fully saturated rings. The second kappa shape index (κ2) is 10.1. The molecule has 1 heterocycles. The van der Waals surface area contributed by atoms with Crippen LogP contribution in [0, 0.1) is 0 Å². The molecule has 2 aromatic rings. The highest BCUT2D eigenvalue weighted by atomic mass is 35.5. The van der Waals surface area contributed by atoms with Gasteiger partial charge in [-0.15, -0.1) is 12.4 Å². The Hall–Kier alpha value is -2.15. The third-order valence-corrected chi connectivity index (χ3v) is 5.67. The third-order valence-electron chi connectivity index (χ3n) is 5.43. The lowest BCUT2D eigenvalue weighted by atomic mass is 9.68. The Balaban J connectivity index is 0.00000300. The topological polar surface area (TPSA) is 97.1 Å². The third kappa shape index (κ3) is 5.69. The number of amides is 2. The maximum Gasteiger partial charge on any atom is 0.251 e. The summed E-state index contributed by atoms with van der Waals surface area (Å²) in [5.74, 6) is -0.0228. The molecule has 3 rings (SSSR count). The largest absolute Gasteiger partial charge is 0.349 e. The fourth-order valence-electron chi connectivity index (χ4n) is 3.83. The van der Waals surface area contributed by atoms with Crippen LogP contribution in [0.2, 0.25) is 5.02 Å². The van der Waals surface area contributed by atoms with E-state index in [2.05, 4.69) is 21.7 Å². The Morgan fingerprint density at radius 1 is 1.24 bits per heavy atom. The zero-order valence-corrected chi connectivity index (χ0v) is 17.9. The highest BCUT2D eigenvalue weighted by Gasteiger charge is 2.36. The number of aromatic nitrogens is 1. The maximum atomic E-state index is 12.6. The van der Waals surface area contributed by atoms with Crippen LogP contribution < -0.4 is 16.4 Å². The molecule has 6 nitrogen and oxygen atoms in total. The molecule has 1 aliphatic rings. The second-order valence-electron chi connectivity index (χ2n) is 7.35. The summed E-state index contributed by atoms with van der Waals surface area (Å²) in [6, 6.07) is 11.2. The van der Waals surface area contributed by atoms with Crippen LogP contribution in [0.15, 0.2) is 42.6 Å². The Kier molecular flexibility index (Phi) is 8.02. The number of nitrogens with one attached hydrogen (secondary N) is 2. The highest BCUT2D eigenvalue weighted by Crippen LogP contribution is 2.39. The molecule has 0 unspecified atom stereocenters. The molecule has 0 atom stereocenters. The minimum absolute atomic E-state index is 0. The summed E-state index contributed by atoms with van der Waals surface area (Å²) in [5, 5.41) is 6.40. The smallest absolute Gasteiger partial charge is 0.251 e. The lowest BCUT2D eigenvalue weighted by molar-refractivity contribution is -0.114. The zero-order valence-electron chi connectivity index (χ0n) is 16.3. The molecule has 1 aromatic heterocycles. The van der Waals surface area contributed by atoms with Crippen LogP contribution in [0.4, 0.5) is 5.82 Å². The number of benzene rings is 1. The van der Waals surface area contributed by atoms with Crippen molar-refractivity contribution in [1.82, 2.24) is 10.3 Å². The van der Waals surface area contributed by atoms with E-state index in [4.69, 9.17) is 17.3 Å². The summed E-state index contributed by atoms with van der Waals surface area (Å²) in [5.41, 5.74) is 7.69. The summed E-state index contributed by atoms with van der Waals surface area (Å²) in [6.07, 6.45) is 4.99.